The normalized spacial score (nSPS) is 11.5. The van der Waals surface area contributed by atoms with Crippen molar-refractivity contribution in [2.45, 2.75) is 4.90 Å². The quantitative estimate of drug-likeness (QED) is 0.161. The number of aromatic nitrogens is 4. The zero-order valence-corrected chi connectivity index (χ0v) is 22.1. The van der Waals surface area contributed by atoms with Crippen LogP contribution in [0.5, 0.6) is 0 Å². The molecule has 0 atom stereocenters. The maximum atomic E-state index is 15.5. The van der Waals surface area contributed by atoms with Gasteiger partial charge in [-0.05, 0) is 36.4 Å². The van der Waals surface area contributed by atoms with E-state index in [1.54, 1.807) is 25.6 Å². The number of rotatable bonds is 10. The van der Waals surface area contributed by atoms with Crippen LogP contribution in [0.3, 0.4) is 0 Å². The highest BCUT2D eigenvalue weighted by atomic mass is 32.2. The first-order valence-corrected chi connectivity index (χ1v) is 13.5. The van der Waals surface area contributed by atoms with E-state index in [1.165, 1.54) is 18.5 Å². The molecule has 0 aliphatic rings. The molecule has 0 aliphatic heterocycles. The predicted octanol–water partition coefficient (Wildman–Crippen LogP) is 4.53. The highest BCUT2D eigenvalue weighted by Crippen LogP contribution is 2.30. The zero-order chi connectivity index (χ0) is 29.1. The van der Waals surface area contributed by atoms with Crippen molar-refractivity contribution in [3.63, 3.8) is 0 Å². The van der Waals surface area contributed by atoms with E-state index in [0.29, 0.717) is 30.2 Å². The van der Waals surface area contributed by atoms with Crippen molar-refractivity contribution in [2.75, 3.05) is 30.3 Å². The lowest BCUT2D eigenvalue weighted by Crippen LogP contribution is -2.16. The van der Waals surface area contributed by atoms with Crippen LogP contribution in [0.15, 0.2) is 72.1 Å². The molecule has 41 heavy (non-hydrogen) atoms. The van der Waals surface area contributed by atoms with Gasteiger partial charge in [0, 0.05) is 60.5 Å². The fourth-order valence-electron chi connectivity index (χ4n) is 3.99. The first-order valence-electron chi connectivity index (χ1n) is 12.0. The van der Waals surface area contributed by atoms with Crippen molar-refractivity contribution < 1.29 is 31.1 Å². The molecule has 0 bridgehead atoms. The second kappa shape index (κ2) is 11.3. The summed E-state index contributed by atoms with van der Waals surface area (Å²) in [7, 11) is -2.88. The number of pyridine rings is 1. The van der Waals surface area contributed by atoms with E-state index in [2.05, 4.69) is 25.3 Å². The summed E-state index contributed by atoms with van der Waals surface area (Å²) < 4.78 is 76.1. The molecule has 0 spiro atoms. The molecule has 0 saturated carbocycles. The van der Waals surface area contributed by atoms with E-state index >= 15 is 4.39 Å². The molecule has 3 aromatic heterocycles. The van der Waals surface area contributed by atoms with Gasteiger partial charge in [-0.25, -0.2) is 36.5 Å². The van der Waals surface area contributed by atoms with Crippen molar-refractivity contribution in [2.24, 2.45) is 0 Å². The number of fused-ring (bicyclic) bond motifs is 1. The topological polar surface area (TPSA) is 139 Å². The first kappa shape index (κ1) is 27.7. The van der Waals surface area contributed by atoms with Crippen LogP contribution in [0.2, 0.25) is 0 Å². The fourth-order valence-corrected chi connectivity index (χ4v) is 5.08. The maximum absolute atomic E-state index is 15.5. The third kappa shape index (κ3) is 5.73. The van der Waals surface area contributed by atoms with Crippen molar-refractivity contribution in [1.29, 1.82) is 0 Å². The summed E-state index contributed by atoms with van der Waals surface area (Å²) in [5.41, 5.74) is -0.384. The van der Waals surface area contributed by atoms with E-state index < -0.39 is 49.4 Å². The van der Waals surface area contributed by atoms with E-state index in [0.717, 1.165) is 30.3 Å². The lowest BCUT2D eigenvalue weighted by molar-refractivity contribution is 0.103. The second-order valence-electron chi connectivity index (χ2n) is 8.71. The molecule has 0 fully saturated rings. The molecule has 2 aromatic carbocycles. The number of nitrogens with zero attached hydrogens (tertiary/aromatic N) is 3. The average Bonchev–Trinajstić information content (AvgIpc) is 3.38. The number of nitrogens with one attached hydrogen (secondary N) is 3. The zero-order valence-electron chi connectivity index (χ0n) is 21.3. The van der Waals surface area contributed by atoms with Crippen molar-refractivity contribution in [3.05, 3.63) is 95.8 Å². The minimum absolute atomic E-state index is 0.101. The van der Waals surface area contributed by atoms with Gasteiger partial charge in [-0.3, -0.25) is 9.52 Å². The van der Waals surface area contributed by atoms with Crippen molar-refractivity contribution in [3.8, 4) is 11.1 Å². The highest BCUT2D eigenvalue weighted by molar-refractivity contribution is 7.92. The average molecular weight is 583 g/mol. The van der Waals surface area contributed by atoms with E-state index in [4.69, 9.17) is 4.74 Å². The Labute approximate surface area is 231 Å². The number of carbonyl (C=O) groups excluding carboxylic acids is 1. The lowest BCUT2D eigenvalue weighted by atomic mass is 10.0. The number of methoxy groups -OCH3 is 1. The Hall–Kier alpha value is -4.82. The number of H-pyrrole nitrogens is 1. The predicted molar refractivity (Wildman–Crippen MR) is 144 cm³/mol. The molecule has 0 amide bonds. The van der Waals surface area contributed by atoms with E-state index in [9.17, 15) is 22.0 Å². The Morgan fingerprint density at radius 2 is 1.76 bits per heavy atom. The Morgan fingerprint density at radius 3 is 2.49 bits per heavy atom. The minimum Gasteiger partial charge on any atom is -0.383 e. The van der Waals surface area contributed by atoms with Crippen molar-refractivity contribution >= 4 is 38.5 Å². The standard InChI is InChI=1S/C27H21F3N6O4S/c1-40-8-7-31-27-34-12-16(13-35-27)15-9-19-20(14-33-26(19)32-11-15)25(37)23-21(29)5-6-22(24(23)30)36-41(38,39)18-4-2-3-17(28)10-18/h2-6,9-14,36H,7-8H2,1H3,(H,32,33)(H,31,34,35). The molecule has 210 valence electrons. The van der Waals surface area contributed by atoms with Crippen LogP contribution in [-0.2, 0) is 14.8 Å². The van der Waals surface area contributed by atoms with Crippen LogP contribution in [0.1, 0.15) is 15.9 Å². The van der Waals surface area contributed by atoms with Gasteiger partial charge in [0.05, 0.1) is 22.8 Å². The number of hydrogen-bond acceptors (Lipinski definition) is 8. The molecule has 5 aromatic rings. The maximum Gasteiger partial charge on any atom is 0.262 e. The lowest BCUT2D eigenvalue weighted by Gasteiger charge is -2.12. The number of ketones is 1. The molecule has 0 unspecified atom stereocenters. The Balaban J connectivity index is 1.47. The number of anilines is 2. The molecule has 5 rings (SSSR count). The third-order valence-electron chi connectivity index (χ3n) is 6.02. The number of sulfonamides is 1. The number of benzene rings is 2. The summed E-state index contributed by atoms with van der Waals surface area (Å²) in [5, 5.41) is 3.25. The molecule has 0 radical (unpaired) electrons. The Bertz CT molecular complexity index is 1860. The fraction of sp³-hybridized carbons (Fsp3) is 0.111. The summed E-state index contributed by atoms with van der Waals surface area (Å²) in [6, 6.07) is 7.24. The summed E-state index contributed by atoms with van der Waals surface area (Å²) in [6.45, 7) is 0.984. The van der Waals surface area contributed by atoms with Crippen LogP contribution >= 0.6 is 0 Å². The summed E-state index contributed by atoms with van der Waals surface area (Å²) in [4.78, 5) is 28.5. The van der Waals surface area contributed by atoms with E-state index in [1.807, 2.05) is 4.72 Å². The number of ether oxygens (including phenoxy) is 1. The third-order valence-corrected chi connectivity index (χ3v) is 7.38. The highest BCUT2D eigenvalue weighted by Gasteiger charge is 2.26. The van der Waals surface area contributed by atoms with Gasteiger partial charge in [-0.1, -0.05) is 6.07 Å². The van der Waals surface area contributed by atoms with Gasteiger partial charge < -0.3 is 15.0 Å². The van der Waals surface area contributed by atoms with Gasteiger partial charge >= 0.3 is 0 Å². The minimum atomic E-state index is -4.45. The molecule has 0 aliphatic carbocycles. The van der Waals surface area contributed by atoms with Gasteiger partial charge in [0.25, 0.3) is 10.0 Å². The molecular formula is C27H21F3N6O4S. The summed E-state index contributed by atoms with van der Waals surface area (Å²) in [6.07, 6.45) is 5.87. The second-order valence-corrected chi connectivity index (χ2v) is 10.4. The largest absolute Gasteiger partial charge is 0.383 e. The summed E-state index contributed by atoms with van der Waals surface area (Å²) >= 11 is 0. The Morgan fingerprint density at radius 1 is 1.00 bits per heavy atom. The van der Waals surface area contributed by atoms with Crippen LogP contribution in [-0.4, -0.2) is 54.4 Å². The SMILES string of the molecule is COCCNc1ncc(-c2cnc3[nH]cc(C(=O)c4c(F)ccc(NS(=O)(=O)c5cccc(F)c5)c4F)c3c2)cn1. The summed E-state index contributed by atoms with van der Waals surface area (Å²) in [5.74, 6) is -4.12. The van der Waals surface area contributed by atoms with Crippen LogP contribution in [0.4, 0.5) is 24.8 Å². The van der Waals surface area contributed by atoms with E-state index in [-0.39, 0.29) is 16.6 Å². The monoisotopic (exact) mass is 582 g/mol. The van der Waals surface area contributed by atoms with Crippen LogP contribution < -0.4 is 10.0 Å². The number of halogens is 3. The Kier molecular flexibility index (Phi) is 7.68. The smallest absolute Gasteiger partial charge is 0.262 e. The number of carbonyl (C=O) groups is 1. The van der Waals surface area contributed by atoms with Crippen molar-refractivity contribution in [1.82, 2.24) is 19.9 Å². The number of aromatic amines is 1. The molecule has 14 heteroatoms. The van der Waals surface area contributed by atoms with Gasteiger partial charge in [-0.2, -0.15) is 0 Å². The molecule has 3 N–H and O–H groups in total. The van der Waals surface area contributed by atoms with Gasteiger partial charge in [0.15, 0.2) is 5.82 Å². The van der Waals surface area contributed by atoms with Gasteiger partial charge in [0.2, 0.25) is 11.7 Å². The van der Waals surface area contributed by atoms with Gasteiger partial charge in [0.1, 0.15) is 17.3 Å². The molecule has 3 heterocycles. The first-order chi connectivity index (χ1) is 19.7. The molecule has 10 nitrogen and oxygen atoms in total. The number of hydrogen-bond donors (Lipinski definition) is 3. The molecular weight excluding hydrogens is 561 g/mol. The van der Waals surface area contributed by atoms with Gasteiger partial charge in [-0.15, -0.1) is 0 Å². The van der Waals surface area contributed by atoms with Crippen LogP contribution in [0.25, 0.3) is 22.2 Å². The molecule has 0 saturated heterocycles. The van der Waals surface area contributed by atoms with Crippen LogP contribution in [0, 0.1) is 17.5 Å².